The summed E-state index contributed by atoms with van der Waals surface area (Å²) in [6.07, 6.45) is 1.56. The number of rotatable bonds is 4. The quantitative estimate of drug-likeness (QED) is 0.582. The molecule has 0 aliphatic heterocycles. The number of aryl methyl sites for hydroxylation is 1. The third kappa shape index (κ3) is 2.59. The van der Waals surface area contributed by atoms with Crippen LogP contribution in [0.3, 0.4) is 0 Å². The van der Waals surface area contributed by atoms with Crippen molar-refractivity contribution in [1.29, 1.82) is 0 Å². The number of carbonyl (C=O) groups excluding carboxylic acids is 1. The molecule has 0 saturated heterocycles. The third-order valence-corrected chi connectivity index (χ3v) is 2.03. The molecule has 0 aliphatic rings. The van der Waals surface area contributed by atoms with Gasteiger partial charge in [0, 0.05) is 6.07 Å². The van der Waals surface area contributed by atoms with Crippen LogP contribution in [0.5, 0.6) is 5.75 Å². The van der Waals surface area contributed by atoms with Gasteiger partial charge in [0.05, 0.1) is 12.7 Å². The summed E-state index contributed by atoms with van der Waals surface area (Å²) in [5.74, 6) is -0.961. The normalized spacial score (nSPS) is 9.69. The Labute approximate surface area is 93.5 Å². The van der Waals surface area contributed by atoms with Crippen molar-refractivity contribution in [2.75, 3.05) is 13.7 Å². The summed E-state index contributed by atoms with van der Waals surface area (Å²) in [5.41, 5.74) is 0.578. The summed E-state index contributed by atoms with van der Waals surface area (Å²) in [7, 11) is 1.21. The first-order valence-corrected chi connectivity index (χ1v) is 4.72. The summed E-state index contributed by atoms with van der Waals surface area (Å²) < 4.78 is 23.2. The molecule has 1 aromatic rings. The van der Waals surface area contributed by atoms with Crippen LogP contribution in [0.4, 0.5) is 4.39 Å². The molecule has 0 fully saturated rings. The van der Waals surface area contributed by atoms with Gasteiger partial charge in [0.25, 0.3) is 0 Å². The van der Waals surface area contributed by atoms with Crippen LogP contribution < -0.4 is 4.74 Å². The Kier molecular flexibility index (Phi) is 4.05. The van der Waals surface area contributed by atoms with Crippen LogP contribution >= 0.6 is 0 Å². The summed E-state index contributed by atoms with van der Waals surface area (Å²) in [5, 5.41) is 0. The van der Waals surface area contributed by atoms with Crippen LogP contribution in [0, 0.1) is 12.7 Å². The summed E-state index contributed by atoms with van der Waals surface area (Å²) >= 11 is 0. The SMILES string of the molecule is C=CCOc1cc(F)c(C(=O)OC)cc1C. The van der Waals surface area contributed by atoms with E-state index in [1.165, 1.54) is 19.2 Å². The summed E-state index contributed by atoms with van der Waals surface area (Å²) in [6, 6.07) is 2.57. The van der Waals surface area contributed by atoms with E-state index in [0.717, 1.165) is 0 Å². The topological polar surface area (TPSA) is 35.5 Å². The summed E-state index contributed by atoms with van der Waals surface area (Å²) in [6.45, 7) is 5.51. The van der Waals surface area contributed by atoms with Gasteiger partial charge in [-0.15, -0.1) is 0 Å². The van der Waals surface area contributed by atoms with E-state index < -0.39 is 11.8 Å². The molecule has 3 nitrogen and oxygen atoms in total. The van der Waals surface area contributed by atoms with Gasteiger partial charge in [-0.1, -0.05) is 12.7 Å². The molecule has 0 bridgehead atoms. The van der Waals surface area contributed by atoms with E-state index in [0.29, 0.717) is 11.3 Å². The molecule has 16 heavy (non-hydrogen) atoms. The maximum atomic E-state index is 13.5. The number of methoxy groups -OCH3 is 1. The number of ether oxygens (including phenoxy) is 2. The van der Waals surface area contributed by atoms with Gasteiger partial charge in [-0.25, -0.2) is 9.18 Å². The minimum Gasteiger partial charge on any atom is -0.489 e. The highest BCUT2D eigenvalue weighted by molar-refractivity contribution is 5.90. The zero-order valence-corrected chi connectivity index (χ0v) is 9.25. The highest BCUT2D eigenvalue weighted by atomic mass is 19.1. The lowest BCUT2D eigenvalue weighted by molar-refractivity contribution is 0.0595. The molecule has 0 aromatic heterocycles. The van der Waals surface area contributed by atoms with E-state index >= 15 is 0 Å². The predicted molar refractivity (Wildman–Crippen MR) is 58.2 cm³/mol. The van der Waals surface area contributed by atoms with Crippen molar-refractivity contribution in [1.82, 2.24) is 0 Å². The zero-order valence-electron chi connectivity index (χ0n) is 9.25. The molecule has 4 heteroatoms. The van der Waals surface area contributed by atoms with Crippen LogP contribution in [-0.2, 0) is 4.74 Å². The van der Waals surface area contributed by atoms with Crippen molar-refractivity contribution in [3.63, 3.8) is 0 Å². The number of hydrogen-bond donors (Lipinski definition) is 0. The highest BCUT2D eigenvalue weighted by Crippen LogP contribution is 2.22. The fourth-order valence-electron chi connectivity index (χ4n) is 1.23. The van der Waals surface area contributed by atoms with E-state index in [1.807, 2.05) is 0 Å². The third-order valence-electron chi connectivity index (χ3n) is 2.03. The fraction of sp³-hybridized carbons (Fsp3) is 0.250. The van der Waals surface area contributed by atoms with Crippen molar-refractivity contribution in [3.8, 4) is 5.75 Å². The van der Waals surface area contributed by atoms with Crippen LogP contribution in [-0.4, -0.2) is 19.7 Å². The largest absolute Gasteiger partial charge is 0.489 e. The lowest BCUT2D eigenvalue weighted by Crippen LogP contribution is -2.06. The molecule has 0 aliphatic carbocycles. The minimum atomic E-state index is -0.698. The Hall–Kier alpha value is -1.84. The molecule has 1 rings (SSSR count). The molecule has 0 N–H and O–H groups in total. The van der Waals surface area contributed by atoms with Gasteiger partial charge in [0.2, 0.25) is 0 Å². The average Bonchev–Trinajstić information content (AvgIpc) is 2.28. The van der Waals surface area contributed by atoms with Crippen molar-refractivity contribution in [2.45, 2.75) is 6.92 Å². The Morgan fingerprint density at radius 2 is 2.25 bits per heavy atom. The maximum absolute atomic E-state index is 13.5. The van der Waals surface area contributed by atoms with Gasteiger partial charge >= 0.3 is 5.97 Å². The first kappa shape index (κ1) is 12.2. The van der Waals surface area contributed by atoms with E-state index in [9.17, 15) is 9.18 Å². The van der Waals surface area contributed by atoms with Crippen LogP contribution in [0.2, 0.25) is 0 Å². The van der Waals surface area contributed by atoms with Crippen molar-refractivity contribution < 1.29 is 18.7 Å². The lowest BCUT2D eigenvalue weighted by atomic mass is 10.1. The molecule has 0 atom stereocenters. The predicted octanol–water partition coefficient (Wildman–Crippen LogP) is 2.49. The molecule has 0 amide bonds. The number of benzene rings is 1. The molecule has 86 valence electrons. The summed E-state index contributed by atoms with van der Waals surface area (Å²) in [4.78, 5) is 11.2. The Morgan fingerprint density at radius 3 is 2.81 bits per heavy atom. The first-order chi connectivity index (χ1) is 7.60. The zero-order chi connectivity index (χ0) is 12.1. The number of hydrogen-bond acceptors (Lipinski definition) is 3. The second-order valence-electron chi connectivity index (χ2n) is 3.19. The van der Waals surface area contributed by atoms with Crippen LogP contribution in [0.25, 0.3) is 0 Å². The van der Waals surface area contributed by atoms with Gasteiger partial charge in [-0.05, 0) is 18.6 Å². The fourth-order valence-corrected chi connectivity index (χ4v) is 1.23. The Morgan fingerprint density at radius 1 is 1.56 bits per heavy atom. The van der Waals surface area contributed by atoms with Crippen LogP contribution in [0.15, 0.2) is 24.8 Å². The van der Waals surface area contributed by atoms with E-state index in [2.05, 4.69) is 11.3 Å². The van der Waals surface area contributed by atoms with Gasteiger partial charge in [0.1, 0.15) is 18.2 Å². The molecule has 0 heterocycles. The van der Waals surface area contributed by atoms with E-state index in [1.54, 1.807) is 13.0 Å². The molecular weight excluding hydrogens is 211 g/mol. The van der Waals surface area contributed by atoms with Gasteiger partial charge in [0.15, 0.2) is 0 Å². The smallest absolute Gasteiger partial charge is 0.340 e. The van der Waals surface area contributed by atoms with Crippen LogP contribution in [0.1, 0.15) is 15.9 Å². The number of esters is 1. The van der Waals surface area contributed by atoms with E-state index in [4.69, 9.17) is 4.74 Å². The van der Waals surface area contributed by atoms with Crippen molar-refractivity contribution >= 4 is 5.97 Å². The monoisotopic (exact) mass is 224 g/mol. The second kappa shape index (κ2) is 5.30. The van der Waals surface area contributed by atoms with Crippen molar-refractivity contribution in [2.24, 2.45) is 0 Å². The first-order valence-electron chi connectivity index (χ1n) is 4.72. The molecule has 0 saturated carbocycles. The number of halogens is 1. The average molecular weight is 224 g/mol. The second-order valence-corrected chi connectivity index (χ2v) is 3.19. The van der Waals surface area contributed by atoms with Gasteiger partial charge in [-0.3, -0.25) is 0 Å². The molecule has 1 aromatic carbocycles. The molecule has 0 spiro atoms. The minimum absolute atomic E-state index is 0.0917. The molecule has 0 radical (unpaired) electrons. The number of carbonyl (C=O) groups is 1. The Balaban J connectivity index is 3.06. The van der Waals surface area contributed by atoms with Gasteiger partial charge < -0.3 is 9.47 Å². The van der Waals surface area contributed by atoms with E-state index in [-0.39, 0.29) is 12.2 Å². The standard InChI is InChI=1S/C12H13FO3/c1-4-5-16-11-7-10(13)9(6-8(11)2)12(14)15-3/h4,6-7H,1,5H2,2-3H3. The maximum Gasteiger partial charge on any atom is 0.340 e. The van der Waals surface area contributed by atoms with Crippen molar-refractivity contribution in [3.05, 3.63) is 41.7 Å². The van der Waals surface area contributed by atoms with Gasteiger partial charge in [-0.2, -0.15) is 0 Å². The molecular formula is C12H13FO3. The highest BCUT2D eigenvalue weighted by Gasteiger charge is 2.15. The lowest BCUT2D eigenvalue weighted by Gasteiger charge is -2.09. The molecule has 0 unspecified atom stereocenters. The Bertz CT molecular complexity index is 413.